The Morgan fingerprint density at radius 2 is 1.51 bits per heavy atom. The van der Waals surface area contributed by atoms with Gasteiger partial charge in [-0.3, -0.25) is 23.4 Å². The molecule has 0 unspecified atom stereocenters. The Bertz CT molecular complexity index is 1460. The van der Waals surface area contributed by atoms with Gasteiger partial charge in [0.05, 0.1) is 6.54 Å². The molecule has 1 fully saturated rings. The van der Waals surface area contributed by atoms with Crippen LogP contribution in [0.1, 0.15) is 11.1 Å². The molecule has 0 amide bonds. The lowest BCUT2D eigenvalue weighted by atomic mass is 10.2. The maximum Gasteiger partial charge on any atom is 0.332 e. The molecule has 1 saturated heterocycles. The summed E-state index contributed by atoms with van der Waals surface area (Å²) < 4.78 is 4.59. The predicted molar refractivity (Wildman–Crippen MR) is 140 cm³/mol. The summed E-state index contributed by atoms with van der Waals surface area (Å²) in [5.74, 6) is 0.738. The zero-order valence-electron chi connectivity index (χ0n) is 20.2. The summed E-state index contributed by atoms with van der Waals surface area (Å²) in [7, 11) is 3.19. The van der Waals surface area contributed by atoms with E-state index in [1.165, 1.54) is 17.2 Å². The molecular formula is C27H30N6O2. The van der Waals surface area contributed by atoms with Crippen LogP contribution < -0.4 is 16.1 Å². The second kappa shape index (κ2) is 9.76. The first kappa shape index (κ1) is 22.9. The van der Waals surface area contributed by atoms with Crippen molar-refractivity contribution < 1.29 is 0 Å². The van der Waals surface area contributed by atoms with Crippen LogP contribution >= 0.6 is 0 Å². The van der Waals surface area contributed by atoms with Gasteiger partial charge in [0.2, 0.25) is 5.95 Å². The summed E-state index contributed by atoms with van der Waals surface area (Å²) in [6, 6.07) is 20.4. The first-order valence-corrected chi connectivity index (χ1v) is 11.9. The highest BCUT2D eigenvalue weighted by molar-refractivity contribution is 5.75. The molecule has 180 valence electrons. The third-order valence-corrected chi connectivity index (χ3v) is 6.64. The number of nitrogens with zero attached hydrogens (tertiary/aromatic N) is 6. The average Bonchev–Trinajstić information content (AvgIpc) is 3.27. The SMILES string of the molecule is Cn1c(=O)c2c(nc(N3CCN(C/C=C/c4ccccc4)CC3)n2Cc2ccccc2)n(C)c1=O. The summed E-state index contributed by atoms with van der Waals surface area (Å²) >= 11 is 0. The van der Waals surface area contributed by atoms with Crippen molar-refractivity contribution in [1.82, 2.24) is 23.6 Å². The average molecular weight is 471 g/mol. The first-order chi connectivity index (χ1) is 17.0. The summed E-state index contributed by atoms with van der Waals surface area (Å²) in [6.07, 6.45) is 4.36. The summed E-state index contributed by atoms with van der Waals surface area (Å²) in [5.41, 5.74) is 2.48. The lowest BCUT2D eigenvalue weighted by Crippen LogP contribution is -2.47. The number of fused-ring (bicyclic) bond motifs is 1. The molecule has 4 aromatic rings. The Morgan fingerprint density at radius 3 is 2.20 bits per heavy atom. The van der Waals surface area contributed by atoms with Gasteiger partial charge in [-0.2, -0.15) is 4.98 Å². The summed E-state index contributed by atoms with van der Waals surface area (Å²) in [5, 5.41) is 0. The third-order valence-electron chi connectivity index (χ3n) is 6.64. The molecule has 5 rings (SSSR count). The maximum absolute atomic E-state index is 13.2. The van der Waals surface area contributed by atoms with Gasteiger partial charge in [0, 0.05) is 46.8 Å². The maximum atomic E-state index is 13.2. The van der Waals surface area contributed by atoms with E-state index in [4.69, 9.17) is 4.98 Å². The highest BCUT2D eigenvalue weighted by Gasteiger charge is 2.25. The van der Waals surface area contributed by atoms with Crippen molar-refractivity contribution in [3.8, 4) is 0 Å². The fourth-order valence-electron chi connectivity index (χ4n) is 4.62. The Kier molecular flexibility index (Phi) is 6.37. The van der Waals surface area contributed by atoms with Gasteiger partial charge in [-0.25, -0.2) is 4.79 Å². The van der Waals surface area contributed by atoms with Gasteiger partial charge in [0.1, 0.15) is 0 Å². The highest BCUT2D eigenvalue weighted by Crippen LogP contribution is 2.22. The van der Waals surface area contributed by atoms with E-state index in [-0.39, 0.29) is 11.2 Å². The van der Waals surface area contributed by atoms with Gasteiger partial charge in [0.25, 0.3) is 5.56 Å². The number of benzene rings is 2. The van der Waals surface area contributed by atoms with Crippen molar-refractivity contribution in [2.24, 2.45) is 14.1 Å². The molecule has 35 heavy (non-hydrogen) atoms. The van der Waals surface area contributed by atoms with Crippen LogP contribution in [0.3, 0.4) is 0 Å². The minimum Gasteiger partial charge on any atom is -0.340 e. The van der Waals surface area contributed by atoms with E-state index < -0.39 is 0 Å². The molecule has 0 atom stereocenters. The van der Waals surface area contributed by atoms with E-state index in [0.29, 0.717) is 17.7 Å². The van der Waals surface area contributed by atoms with E-state index in [0.717, 1.165) is 48.8 Å². The van der Waals surface area contributed by atoms with Crippen LogP contribution in [-0.4, -0.2) is 56.3 Å². The first-order valence-electron chi connectivity index (χ1n) is 11.9. The van der Waals surface area contributed by atoms with E-state index >= 15 is 0 Å². The largest absolute Gasteiger partial charge is 0.340 e. The fraction of sp³-hybridized carbons (Fsp3) is 0.296. The molecule has 0 N–H and O–H groups in total. The molecule has 2 aromatic heterocycles. The molecule has 8 heteroatoms. The van der Waals surface area contributed by atoms with Crippen LogP contribution in [0.25, 0.3) is 17.2 Å². The second-order valence-corrected chi connectivity index (χ2v) is 8.96. The molecular weight excluding hydrogens is 440 g/mol. The van der Waals surface area contributed by atoms with Crippen molar-refractivity contribution >= 4 is 23.2 Å². The minimum atomic E-state index is -0.367. The van der Waals surface area contributed by atoms with E-state index in [2.05, 4.69) is 34.1 Å². The van der Waals surface area contributed by atoms with Crippen molar-refractivity contribution in [3.05, 3.63) is 98.7 Å². The van der Waals surface area contributed by atoms with E-state index in [9.17, 15) is 9.59 Å². The van der Waals surface area contributed by atoms with Crippen molar-refractivity contribution in [1.29, 1.82) is 0 Å². The number of rotatable bonds is 6. The number of aryl methyl sites for hydroxylation is 1. The fourth-order valence-corrected chi connectivity index (χ4v) is 4.62. The monoisotopic (exact) mass is 470 g/mol. The zero-order chi connectivity index (χ0) is 24.4. The van der Waals surface area contributed by atoms with Crippen LogP contribution in [0.5, 0.6) is 0 Å². The molecule has 0 bridgehead atoms. The number of hydrogen-bond acceptors (Lipinski definition) is 5. The summed E-state index contributed by atoms with van der Waals surface area (Å²) in [4.78, 5) is 35.2. The van der Waals surface area contributed by atoms with Crippen LogP contribution in [0.15, 0.2) is 76.3 Å². The highest BCUT2D eigenvalue weighted by atomic mass is 16.2. The topological polar surface area (TPSA) is 68.3 Å². The Morgan fingerprint density at radius 1 is 0.857 bits per heavy atom. The Balaban J connectivity index is 1.42. The lowest BCUT2D eigenvalue weighted by Gasteiger charge is -2.35. The third kappa shape index (κ3) is 4.57. The van der Waals surface area contributed by atoms with Gasteiger partial charge >= 0.3 is 5.69 Å². The van der Waals surface area contributed by atoms with Crippen LogP contribution in [0.4, 0.5) is 5.95 Å². The van der Waals surface area contributed by atoms with Crippen molar-refractivity contribution in [2.45, 2.75) is 6.54 Å². The van der Waals surface area contributed by atoms with Crippen LogP contribution in [0.2, 0.25) is 0 Å². The van der Waals surface area contributed by atoms with Crippen molar-refractivity contribution in [2.75, 3.05) is 37.6 Å². The molecule has 0 radical (unpaired) electrons. The molecule has 8 nitrogen and oxygen atoms in total. The Hall–Kier alpha value is -3.91. The summed E-state index contributed by atoms with van der Waals surface area (Å²) in [6.45, 7) is 4.78. The molecule has 1 aliphatic rings. The predicted octanol–water partition coefficient (Wildman–Crippen LogP) is 2.32. The number of anilines is 1. The van der Waals surface area contributed by atoms with E-state index in [1.807, 2.05) is 53.1 Å². The number of aromatic nitrogens is 4. The lowest BCUT2D eigenvalue weighted by molar-refractivity contribution is 0.282. The smallest absolute Gasteiger partial charge is 0.332 e. The number of hydrogen-bond donors (Lipinski definition) is 0. The second-order valence-electron chi connectivity index (χ2n) is 8.96. The van der Waals surface area contributed by atoms with Gasteiger partial charge in [-0.1, -0.05) is 72.8 Å². The van der Waals surface area contributed by atoms with E-state index in [1.54, 1.807) is 7.05 Å². The minimum absolute atomic E-state index is 0.317. The van der Waals surface area contributed by atoms with Crippen LogP contribution in [-0.2, 0) is 20.6 Å². The molecule has 0 saturated carbocycles. The van der Waals surface area contributed by atoms with Gasteiger partial charge < -0.3 is 4.90 Å². The standard InChI is InChI=1S/C27H30N6O2/c1-29-24-23(25(34)30(2)27(29)35)33(20-22-12-7-4-8-13-22)26(28-24)32-18-16-31(17-19-32)15-9-14-21-10-5-3-6-11-21/h3-14H,15-20H2,1-2H3/b14-9+. The molecule has 0 spiro atoms. The molecule has 1 aliphatic heterocycles. The Labute approximate surface area is 204 Å². The number of piperazine rings is 1. The molecule has 0 aliphatic carbocycles. The van der Waals surface area contributed by atoms with Crippen molar-refractivity contribution in [3.63, 3.8) is 0 Å². The quantitative estimate of drug-likeness (QED) is 0.433. The van der Waals surface area contributed by atoms with Crippen LogP contribution in [0, 0.1) is 0 Å². The number of imidazole rings is 1. The van der Waals surface area contributed by atoms with Gasteiger partial charge in [-0.05, 0) is 11.1 Å². The van der Waals surface area contributed by atoms with Gasteiger partial charge in [0.15, 0.2) is 11.2 Å². The zero-order valence-corrected chi connectivity index (χ0v) is 20.2. The normalized spacial score (nSPS) is 14.9. The van der Waals surface area contributed by atoms with Gasteiger partial charge in [-0.15, -0.1) is 0 Å². The molecule has 2 aromatic carbocycles. The molecule has 3 heterocycles.